The molecule has 0 spiro atoms. The lowest BCUT2D eigenvalue weighted by atomic mass is 9.88. The quantitative estimate of drug-likeness (QED) is 0.291. The highest BCUT2D eigenvalue weighted by molar-refractivity contribution is 7.99. The summed E-state index contributed by atoms with van der Waals surface area (Å²) >= 11 is 2.78. The number of fused-ring (bicyclic) bond motifs is 1. The van der Waals surface area contributed by atoms with Gasteiger partial charge in [-0.3, -0.25) is 4.79 Å². The Hall–Kier alpha value is -2.85. The second-order valence-corrected chi connectivity index (χ2v) is 10.9. The Bertz CT molecular complexity index is 1220. The van der Waals surface area contributed by atoms with E-state index in [0.717, 1.165) is 37.0 Å². The Morgan fingerprint density at radius 1 is 1.22 bits per heavy atom. The first-order chi connectivity index (χ1) is 17.4. The lowest BCUT2D eigenvalue weighted by Gasteiger charge is -2.18. The number of amides is 1. The van der Waals surface area contributed by atoms with Gasteiger partial charge in [-0.2, -0.15) is 0 Å². The fourth-order valence-corrected chi connectivity index (χ4v) is 6.26. The van der Waals surface area contributed by atoms with Crippen LogP contribution in [0.3, 0.4) is 0 Å². The van der Waals surface area contributed by atoms with Gasteiger partial charge in [0.2, 0.25) is 5.91 Å². The molecule has 8 nitrogen and oxygen atoms in total. The van der Waals surface area contributed by atoms with Crippen LogP contribution in [0.5, 0.6) is 5.75 Å². The van der Waals surface area contributed by atoms with Gasteiger partial charge in [-0.25, -0.2) is 4.79 Å². The van der Waals surface area contributed by atoms with Gasteiger partial charge in [0.1, 0.15) is 17.4 Å². The molecular formula is C26H32N4O4S2. The number of benzene rings is 1. The molecule has 10 heteroatoms. The van der Waals surface area contributed by atoms with Crippen molar-refractivity contribution in [2.75, 3.05) is 17.7 Å². The Kier molecular flexibility index (Phi) is 8.68. The number of carbonyl (C=O) groups excluding carboxylic acids is 2. The summed E-state index contributed by atoms with van der Waals surface area (Å²) in [7, 11) is 1.85. The number of nitrogens with zero attached hydrogens (tertiary/aromatic N) is 3. The summed E-state index contributed by atoms with van der Waals surface area (Å²) in [5.41, 5.74) is 2.80. The summed E-state index contributed by atoms with van der Waals surface area (Å²) in [6.07, 6.45) is 3.76. The van der Waals surface area contributed by atoms with Crippen LogP contribution in [0.15, 0.2) is 29.4 Å². The molecule has 1 unspecified atom stereocenters. The van der Waals surface area contributed by atoms with Crippen molar-refractivity contribution in [2.45, 2.75) is 58.2 Å². The molecule has 1 N–H and O–H groups in total. The molecule has 0 fully saturated rings. The number of rotatable bonds is 10. The zero-order chi connectivity index (χ0) is 25.7. The first-order valence-corrected chi connectivity index (χ1v) is 14.0. The van der Waals surface area contributed by atoms with Crippen molar-refractivity contribution < 1.29 is 19.1 Å². The minimum absolute atomic E-state index is 0.145. The molecule has 2 heterocycles. The Balaban J connectivity index is 1.37. The van der Waals surface area contributed by atoms with E-state index in [1.165, 1.54) is 33.5 Å². The van der Waals surface area contributed by atoms with Gasteiger partial charge in [0.15, 0.2) is 11.0 Å². The number of aromatic nitrogens is 3. The zero-order valence-electron chi connectivity index (χ0n) is 21.1. The molecule has 0 radical (unpaired) electrons. The highest BCUT2D eigenvalue weighted by atomic mass is 32.2. The van der Waals surface area contributed by atoms with Gasteiger partial charge >= 0.3 is 5.97 Å². The molecule has 0 saturated carbocycles. The molecule has 1 aromatic carbocycles. The maximum atomic E-state index is 12.8. The molecule has 0 aliphatic heterocycles. The normalized spacial score (nSPS) is 14.8. The van der Waals surface area contributed by atoms with E-state index in [-0.39, 0.29) is 24.2 Å². The van der Waals surface area contributed by atoms with Gasteiger partial charge in [0.05, 0.1) is 17.9 Å². The van der Waals surface area contributed by atoms with E-state index < -0.39 is 0 Å². The van der Waals surface area contributed by atoms with Gasteiger partial charge in [-0.1, -0.05) is 37.7 Å². The van der Waals surface area contributed by atoms with E-state index in [2.05, 4.69) is 29.4 Å². The SMILES string of the molecule is CCOC(=O)c1c(NC(=O)CSc2nnc(COc3ccc(CC)cc3)n2C)sc2c1CCC(C)C2. The van der Waals surface area contributed by atoms with Crippen LogP contribution in [0, 0.1) is 5.92 Å². The average molecular weight is 529 g/mol. The molecular weight excluding hydrogens is 496 g/mol. The third-order valence-electron chi connectivity index (χ3n) is 6.20. The number of thioether (sulfide) groups is 1. The standard InChI is InChI=1S/C26H32N4O4S2/c1-5-17-8-10-18(11-9-17)34-14-21-28-29-26(30(21)4)35-15-22(31)27-24-23(25(32)33-6-2)19-12-7-16(3)13-20(19)36-24/h8-11,16H,5-7,12-15H2,1-4H3,(H,27,31). The Labute approximate surface area is 219 Å². The summed E-state index contributed by atoms with van der Waals surface area (Å²) < 4.78 is 13.0. The number of hydrogen-bond donors (Lipinski definition) is 1. The van der Waals surface area contributed by atoms with Crippen molar-refractivity contribution >= 4 is 40.0 Å². The second-order valence-electron chi connectivity index (χ2n) is 8.86. The predicted octanol–water partition coefficient (Wildman–Crippen LogP) is 5.05. The van der Waals surface area contributed by atoms with Crippen LogP contribution in [0.1, 0.15) is 59.4 Å². The summed E-state index contributed by atoms with van der Waals surface area (Å²) in [6, 6.07) is 7.99. The third-order valence-corrected chi connectivity index (χ3v) is 8.39. The number of hydrogen-bond acceptors (Lipinski definition) is 8. The monoisotopic (exact) mass is 528 g/mol. The molecule has 0 saturated heterocycles. The van der Waals surface area contributed by atoms with Crippen molar-refractivity contribution in [3.8, 4) is 5.75 Å². The first kappa shape index (κ1) is 26.2. The summed E-state index contributed by atoms with van der Waals surface area (Å²) in [6.45, 7) is 6.69. The van der Waals surface area contributed by atoms with Crippen molar-refractivity contribution in [3.05, 3.63) is 51.7 Å². The zero-order valence-corrected chi connectivity index (χ0v) is 22.8. The van der Waals surface area contributed by atoms with E-state index in [1.807, 2.05) is 35.9 Å². The lowest BCUT2D eigenvalue weighted by molar-refractivity contribution is -0.113. The van der Waals surface area contributed by atoms with Crippen LogP contribution in [0.4, 0.5) is 5.00 Å². The number of thiophene rings is 1. The van der Waals surface area contributed by atoms with E-state index in [9.17, 15) is 9.59 Å². The van der Waals surface area contributed by atoms with Crippen LogP contribution < -0.4 is 10.1 Å². The molecule has 1 atom stereocenters. The first-order valence-electron chi connectivity index (χ1n) is 12.2. The summed E-state index contributed by atoms with van der Waals surface area (Å²) in [4.78, 5) is 26.7. The molecule has 2 aromatic heterocycles. The van der Waals surface area contributed by atoms with E-state index in [0.29, 0.717) is 34.1 Å². The fraction of sp³-hybridized carbons (Fsp3) is 0.462. The van der Waals surface area contributed by atoms with Gasteiger partial charge in [-0.15, -0.1) is 21.5 Å². The number of ether oxygens (including phenoxy) is 2. The van der Waals surface area contributed by atoms with E-state index >= 15 is 0 Å². The lowest BCUT2D eigenvalue weighted by Crippen LogP contribution is -2.18. The van der Waals surface area contributed by atoms with E-state index in [4.69, 9.17) is 9.47 Å². The Morgan fingerprint density at radius 3 is 2.72 bits per heavy atom. The highest BCUT2D eigenvalue weighted by Gasteiger charge is 2.29. The van der Waals surface area contributed by atoms with Crippen LogP contribution in [0.2, 0.25) is 0 Å². The number of esters is 1. The fourth-order valence-electron chi connectivity index (χ4n) is 4.12. The minimum atomic E-state index is -0.366. The third kappa shape index (κ3) is 6.10. The molecule has 1 aliphatic rings. The Morgan fingerprint density at radius 2 is 2.00 bits per heavy atom. The molecule has 0 bridgehead atoms. The maximum absolute atomic E-state index is 12.8. The average Bonchev–Trinajstić information content (AvgIpc) is 3.40. The van der Waals surface area contributed by atoms with Gasteiger partial charge in [0.25, 0.3) is 0 Å². The largest absolute Gasteiger partial charge is 0.486 e. The molecule has 1 aliphatic carbocycles. The van der Waals surface area contributed by atoms with Crippen molar-refractivity contribution in [1.82, 2.24) is 14.8 Å². The van der Waals surface area contributed by atoms with Crippen molar-refractivity contribution in [2.24, 2.45) is 13.0 Å². The van der Waals surface area contributed by atoms with Gasteiger partial charge < -0.3 is 19.4 Å². The number of anilines is 1. The van der Waals surface area contributed by atoms with Crippen LogP contribution >= 0.6 is 23.1 Å². The van der Waals surface area contributed by atoms with Crippen molar-refractivity contribution in [1.29, 1.82) is 0 Å². The molecule has 1 amide bonds. The van der Waals surface area contributed by atoms with Crippen LogP contribution in [-0.2, 0) is 42.4 Å². The second kappa shape index (κ2) is 11.9. The van der Waals surface area contributed by atoms with Crippen LogP contribution in [-0.4, -0.2) is 39.0 Å². The minimum Gasteiger partial charge on any atom is -0.486 e. The molecule has 4 rings (SSSR count). The molecule has 36 heavy (non-hydrogen) atoms. The molecule has 3 aromatic rings. The summed E-state index contributed by atoms with van der Waals surface area (Å²) in [5.74, 6) is 1.59. The van der Waals surface area contributed by atoms with Gasteiger partial charge in [0, 0.05) is 11.9 Å². The summed E-state index contributed by atoms with van der Waals surface area (Å²) in [5, 5.41) is 12.6. The van der Waals surface area contributed by atoms with E-state index in [1.54, 1.807) is 6.92 Å². The van der Waals surface area contributed by atoms with Gasteiger partial charge in [-0.05, 0) is 61.8 Å². The van der Waals surface area contributed by atoms with Crippen molar-refractivity contribution in [3.63, 3.8) is 0 Å². The highest BCUT2D eigenvalue weighted by Crippen LogP contribution is 2.40. The number of aryl methyl sites for hydroxylation is 1. The number of nitrogens with one attached hydrogen (secondary N) is 1. The maximum Gasteiger partial charge on any atom is 0.341 e. The predicted molar refractivity (Wildman–Crippen MR) is 142 cm³/mol. The van der Waals surface area contributed by atoms with Crippen LogP contribution in [0.25, 0.3) is 0 Å². The topological polar surface area (TPSA) is 95.3 Å². The smallest absolute Gasteiger partial charge is 0.341 e. The molecule has 192 valence electrons. The number of carbonyl (C=O) groups is 2.